The zero-order valence-electron chi connectivity index (χ0n) is 7.11. The molecule has 0 unspecified atom stereocenters. The molecule has 0 N–H and O–H groups in total. The highest BCUT2D eigenvalue weighted by Crippen LogP contribution is 2.25. The van der Waals surface area contributed by atoms with Crippen LogP contribution in [0.2, 0.25) is 0 Å². The van der Waals surface area contributed by atoms with Gasteiger partial charge in [-0.2, -0.15) is 0 Å². The summed E-state index contributed by atoms with van der Waals surface area (Å²) < 4.78 is 28.9. The number of aromatic nitrogens is 1. The minimum absolute atomic E-state index is 0.200. The first kappa shape index (κ1) is 10.3. The molecule has 14 heavy (non-hydrogen) atoms. The van der Waals surface area contributed by atoms with Crippen LogP contribution in [0.4, 0.5) is 14.5 Å². The normalized spacial score (nSPS) is 10.3. The Balaban J connectivity index is 3.20. The molecule has 5 nitrogen and oxygen atoms in total. The van der Waals surface area contributed by atoms with E-state index in [0.29, 0.717) is 6.07 Å². The third-order valence-corrected chi connectivity index (χ3v) is 1.45. The largest absolute Gasteiger partial charge is 0.481 e. The lowest BCUT2D eigenvalue weighted by atomic mass is 10.3. The second-order valence-electron chi connectivity index (χ2n) is 2.35. The molecule has 1 aromatic heterocycles. The van der Waals surface area contributed by atoms with Gasteiger partial charge in [-0.25, -0.2) is 13.8 Å². The fourth-order valence-electron chi connectivity index (χ4n) is 0.833. The van der Waals surface area contributed by atoms with Gasteiger partial charge in [-0.1, -0.05) is 0 Å². The Morgan fingerprint density at radius 2 is 2.21 bits per heavy atom. The van der Waals surface area contributed by atoms with Crippen LogP contribution in [-0.2, 0) is 0 Å². The molecule has 1 rings (SSSR count). The molecule has 0 aliphatic heterocycles. The smallest absolute Gasteiger partial charge is 0.280 e. The molecule has 0 saturated carbocycles. The van der Waals surface area contributed by atoms with Crippen molar-refractivity contribution in [3.63, 3.8) is 0 Å². The molecule has 0 aliphatic carbocycles. The maximum atomic E-state index is 12.2. The first-order chi connectivity index (χ1) is 6.54. The highest BCUT2D eigenvalue weighted by molar-refractivity contribution is 5.36. The SMILES string of the molecule is COc1cc([N+](=O)[O-])cc(C(F)F)n1. The van der Waals surface area contributed by atoms with Crippen LogP contribution in [0.1, 0.15) is 12.1 Å². The topological polar surface area (TPSA) is 65.3 Å². The summed E-state index contributed by atoms with van der Waals surface area (Å²) in [5.74, 6) is -0.200. The Bertz CT molecular complexity index is 357. The lowest BCUT2D eigenvalue weighted by Crippen LogP contribution is -1.97. The fourth-order valence-corrected chi connectivity index (χ4v) is 0.833. The molecule has 0 atom stereocenters. The predicted octanol–water partition coefficient (Wildman–Crippen LogP) is 1.94. The van der Waals surface area contributed by atoms with Gasteiger partial charge in [-0.05, 0) is 0 Å². The number of rotatable bonds is 3. The van der Waals surface area contributed by atoms with Gasteiger partial charge in [-0.3, -0.25) is 10.1 Å². The first-order valence-corrected chi connectivity index (χ1v) is 3.53. The van der Waals surface area contributed by atoms with Gasteiger partial charge < -0.3 is 4.74 Å². The van der Waals surface area contributed by atoms with Crippen molar-refractivity contribution in [3.8, 4) is 5.88 Å². The average Bonchev–Trinajstić information content (AvgIpc) is 2.16. The van der Waals surface area contributed by atoms with E-state index >= 15 is 0 Å². The van der Waals surface area contributed by atoms with E-state index in [0.717, 1.165) is 6.07 Å². The van der Waals surface area contributed by atoms with E-state index in [1.807, 2.05) is 0 Å². The van der Waals surface area contributed by atoms with Crippen LogP contribution < -0.4 is 4.74 Å². The summed E-state index contributed by atoms with van der Waals surface area (Å²) in [6.45, 7) is 0. The molecule has 1 heterocycles. The van der Waals surface area contributed by atoms with Crippen molar-refractivity contribution < 1.29 is 18.4 Å². The van der Waals surface area contributed by atoms with Crippen molar-refractivity contribution in [3.05, 3.63) is 27.9 Å². The number of nitro groups is 1. The van der Waals surface area contributed by atoms with Crippen molar-refractivity contribution >= 4 is 5.69 Å². The third kappa shape index (κ3) is 2.12. The average molecular weight is 204 g/mol. The molecule has 7 heteroatoms. The summed E-state index contributed by atoms with van der Waals surface area (Å²) in [5.41, 5.74) is -1.14. The number of ether oxygens (including phenoxy) is 1. The lowest BCUT2D eigenvalue weighted by Gasteiger charge is -2.02. The van der Waals surface area contributed by atoms with Crippen molar-refractivity contribution in [1.82, 2.24) is 4.98 Å². The Morgan fingerprint density at radius 3 is 2.64 bits per heavy atom. The number of nitrogens with zero attached hydrogens (tertiary/aromatic N) is 2. The van der Waals surface area contributed by atoms with Crippen molar-refractivity contribution in [2.45, 2.75) is 6.43 Å². The minimum atomic E-state index is -2.86. The van der Waals surface area contributed by atoms with Gasteiger partial charge in [-0.15, -0.1) is 0 Å². The molecule has 0 aliphatic rings. The van der Waals surface area contributed by atoms with Gasteiger partial charge in [0.05, 0.1) is 18.1 Å². The predicted molar refractivity (Wildman–Crippen MR) is 42.4 cm³/mol. The van der Waals surface area contributed by atoms with Crippen molar-refractivity contribution in [2.75, 3.05) is 7.11 Å². The zero-order chi connectivity index (χ0) is 10.7. The summed E-state index contributed by atoms with van der Waals surface area (Å²) in [6.07, 6.45) is -2.86. The highest BCUT2D eigenvalue weighted by Gasteiger charge is 2.17. The van der Waals surface area contributed by atoms with Gasteiger partial charge >= 0.3 is 0 Å². The van der Waals surface area contributed by atoms with E-state index in [4.69, 9.17) is 0 Å². The Morgan fingerprint density at radius 1 is 1.57 bits per heavy atom. The van der Waals surface area contributed by atoms with E-state index in [1.54, 1.807) is 0 Å². The Kier molecular flexibility index (Phi) is 2.90. The van der Waals surface area contributed by atoms with Crippen LogP contribution in [-0.4, -0.2) is 17.0 Å². The van der Waals surface area contributed by atoms with E-state index in [9.17, 15) is 18.9 Å². The zero-order valence-corrected chi connectivity index (χ0v) is 7.11. The molecule has 76 valence electrons. The summed E-state index contributed by atoms with van der Waals surface area (Å²) in [4.78, 5) is 12.9. The van der Waals surface area contributed by atoms with Crippen LogP contribution in [0, 0.1) is 10.1 Å². The summed E-state index contributed by atoms with van der Waals surface area (Å²) in [7, 11) is 1.20. The van der Waals surface area contributed by atoms with Crippen LogP contribution in [0.25, 0.3) is 0 Å². The number of alkyl halides is 2. The Hall–Kier alpha value is -1.79. The number of pyridine rings is 1. The summed E-state index contributed by atoms with van der Waals surface area (Å²) in [5, 5.41) is 10.3. The third-order valence-electron chi connectivity index (χ3n) is 1.45. The molecule has 0 radical (unpaired) electrons. The highest BCUT2D eigenvalue weighted by atomic mass is 19.3. The number of methoxy groups -OCH3 is 1. The van der Waals surface area contributed by atoms with E-state index in [1.165, 1.54) is 7.11 Å². The molecule has 0 bridgehead atoms. The molecule has 0 spiro atoms. The molecule has 0 aromatic carbocycles. The lowest BCUT2D eigenvalue weighted by molar-refractivity contribution is -0.385. The number of halogens is 2. The molecule has 0 amide bonds. The molecule has 0 fully saturated rings. The number of hydrogen-bond acceptors (Lipinski definition) is 4. The number of hydrogen-bond donors (Lipinski definition) is 0. The monoisotopic (exact) mass is 204 g/mol. The van der Waals surface area contributed by atoms with Crippen LogP contribution in [0.5, 0.6) is 5.88 Å². The Labute approximate surface area is 77.5 Å². The second kappa shape index (κ2) is 3.95. The maximum Gasteiger partial charge on any atom is 0.280 e. The summed E-state index contributed by atoms with van der Waals surface area (Å²) in [6, 6.07) is 1.69. The second-order valence-corrected chi connectivity index (χ2v) is 2.35. The quantitative estimate of drug-likeness (QED) is 0.557. The van der Waals surface area contributed by atoms with Gasteiger partial charge in [0.25, 0.3) is 12.1 Å². The van der Waals surface area contributed by atoms with Crippen LogP contribution in [0.3, 0.4) is 0 Å². The first-order valence-electron chi connectivity index (χ1n) is 3.53. The van der Waals surface area contributed by atoms with Gasteiger partial charge in [0, 0.05) is 6.07 Å². The molecular weight excluding hydrogens is 198 g/mol. The molecular formula is C7H6F2N2O3. The van der Waals surface area contributed by atoms with E-state index in [-0.39, 0.29) is 5.88 Å². The molecule has 1 aromatic rings. The standard InChI is InChI=1S/C7H6F2N2O3/c1-14-6-3-4(11(12)13)2-5(10-6)7(8)9/h2-3,7H,1H3. The van der Waals surface area contributed by atoms with E-state index < -0.39 is 22.7 Å². The van der Waals surface area contributed by atoms with Crippen LogP contribution in [0.15, 0.2) is 12.1 Å². The van der Waals surface area contributed by atoms with Crippen molar-refractivity contribution in [1.29, 1.82) is 0 Å². The minimum Gasteiger partial charge on any atom is -0.481 e. The molecule has 0 saturated heterocycles. The summed E-state index contributed by atoms with van der Waals surface area (Å²) >= 11 is 0. The fraction of sp³-hybridized carbons (Fsp3) is 0.286. The van der Waals surface area contributed by atoms with Crippen LogP contribution >= 0.6 is 0 Å². The van der Waals surface area contributed by atoms with Crippen molar-refractivity contribution in [2.24, 2.45) is 0 Å². The maximum absolute atomic E-state index is 12.2. The van der Waals surface area contributed by atoms with E-state index in [2.05, 4.69) is 9.72 Å². The van der Waals surface area contributed by atoms with Gasteiger partial charge in [0.15, 0.2) is 0 Å². The van der Waals surface area contributed by atoms with Gasteiger partial charge in [0.2, 0.25) is 5.88 Å². The van der Waals surface area contributed by atoms with Gasteiger partial charge in [0.1, 0.15) is 5.69 Å².